The first-order valence-corrected chi connectivity index (χ1v) is 11.2. The summed E-state index contributed by atoms with van der Waals surface area (Å²) in [6.45, 7) is 4.12. The monoisotopic (exact) mass is 438 g/mol. The van der Waals surface area contributed by atoms with Crippen LogP contribution in [0.25, 0.3) is 0 Å². The third kappa shape index (κ3) is 4.13. The first-order chi connectivity index (χ1) is 14.4. The van der Waals surface area contributed by atoms with Crippen LogP contribution in [0.2, 0.25) is 5.02 Å². The number of nitrogens with one attached hydrogen (secondary N) is 2. The van der Waals surface area contributed by atoms with Crippen molar-refractivity contribution in [1.82, 2.24) is 0 Å². The Morgan fingerprint density at radius 3 is 2.53 bits per heavy atom. The van der Waals surface area contributed by atoms with Gasteiger partial charge < -0.3 is 10.6 Å². The Balaban J connectivity index is 1.70. The number of amides is 2. The highest BCUT2D eigenvalue weighted by molar-refractivity contribution is 7.17. The van der Waals surface area contributed by atoms with Crippen LogP contribution in [0.15, 0.2) is 48.5 Å². The molecule has 0 saturated carbocycles. The Morgan fingerprint density at radius 1 is 1.03 bits per heavy atom. The predicted molar refractivity (Wildman–Crippen MR) is 124 cm³/mol. The van der Waals surface area contributed by atoms with Crippen LogP contribution in [0.1, 0.15) is 50.1 Å². The highest BCUT2D eigenvalue weighted by atomic mass is 35.5. The van der Waals surface area contributed by atoms with Crippen molar-refractivity contribution in [2.24, 2.45) is 5.92 Å². The Morgan fingerprint density at radius 2 is 1.77 bits per heavy atom. The Kier molecular flexibility index (Phi) is 5.93. The summed E-state index contributed by atoms with van der Waals surface area (Å²) in [7, 11) is 0. The zero-order valence-electron chi connectivity index (χ0n) is 16.9. The van der Waals surface area contributed by atoms with Gasteiger partial charge in [0, 0.05) is 10.4 Å². The first kappa shape index (κ1) is 20.6. The highest BCUT2D eigenvalue weighted by Crippen LogP contribution is 2.40. The minimum atomic E-state index is -0.241. The molecule has 1 unspecified atom stereocenters. The maximum Gasteiger partial charge on any atom is 0.258 e. The van der Waals surface area contributed by atoms with Gasteiger partial charge in [0.1, 0.15) is 5.00 Å². The summed E-state index contributed by atoms with van der Waals surface area (Å²) in [6.07, 6.45) is 2.78. The fraction of sp³-hybridized carbons (Fsp3) is 0.250. The lowest BCUT2D eigenvalue weighted by atomic mass is 9.88. The molecule has 1 heterocycles. The van der Waals surface area contributed by atoms with Gasteiger partial charge in [-0.1, -0.05) is 48.9 Å². The summed E-state index contributed by atoms with van der Waals surface area (Å²) in [4.78, 5) is 27.4. The van der Waals surface area contributed by atoms with E-state index in [2.05, 4.69) is 17.6 Å². The molecule has 0 bridgehead atoms. The molecule has 154 valence electrons. The van der Waals surface area contributed by atoms with Gasteiger partial charge in [0.2, 0.25) is 0 Å². The number of thiophene rings is 1. The maximum atomic E-state index is 13.3. The predicted octanol–water partition coefficient (Wildman–Crippen LogP) is 6.34. The number of hydrogen-bond acceptors (Lipinski definition) is 3. The van der Waals surface area contributed by atoms with E-state index in [1.54, 1.807) is 18.2 Å². The normalized spacial score (nSPS) is 15.4. The summed E-state index contributed by atoms with van der Waals surface area (Å²) < 4.78 is 0. The largest absolute Gasteiger partial charge is 0.321 e. The standard InChI is InChI=1S/C24H23ClN2O2S/c1-14-11-12-17-20(13-14)30-24(27-22(28)16-8-4-3-7-15(16)2)21(17)23(29)26-19-10-6-5-9-18(19)25/h3-10,14H,11-13H2,1-2H3,(H,26,29)(H,27,28). The van der Waals surface area contributed by atoms with E-state index in [0.29, 0.717) is 32.8 Å². The molecule has 0 radical (unpaired) electrons. The molecule has 4 rings (SSSR count). The summed E-state index contributed by atoms with van der Waals surface area (Å²) >= 11 is 7.74. The molecule has 1 aromatic heterocycles. The van der Waals surface area contributed by atoms with Gasteiger partial charge in [-0.15, -0.1) is 11.3 Å². The van der Waals surface area contributed by atoms with Gasteiger partial charge in [-0.05, 0) is 61.4 Å². The average Bonchev–Trinajstić information content (AvgIpc) is 3.06. The number of anilines is 2. The van der Waals surface area contributed by atoms with E-state index in [1.165, 1.54) is 16.2 Å². The SMILES string of the molecule is Cc1ccccc1C(=O)Nc1sc2c(c1C(=O)Nc1ccccc1Cl)CCC(C)C2. The van der Waals surface area contributed by atoms with Gasteiger partial charge in [0.05, 0.1) is 16.3 Å². The summed E-state index contributed by atoms with van der Waals surface area (Å²) in [5, 5.41) is 7.01. The summed E-state index contributed by atoms with van der Waals surface area (Å²) in [5.41, 5.74) is 3.66. The number of carbonyl (C=O) groups excluding carboxylic acids is 2. The number of halogens is 1. The minimum absolute atomic E-state index is 0.202. The number of carbonyl (C=O) groups is 2. The van der Waals surface area contributed by atoms with Crippen molar-refractivity contribution < 1.29 is 9.59 Å². The molecule has 2 aromatic carbocycles. The van der Waals surface area contributed by atoms with Crippen molar-refractivity contribution in [3.05, 3.63) is 80.7 Å². The number of hydrogen-bond donors (Lipinski definition) is 2. The van der Waals surface area contributed by atoms with Gasteiger partial charge in [0.15, 0.2) is 0 Å². The van der Waals surface area contributed by atoms with E-state index in [9.17, 15) is 9.59 Å². The van der Waals surface area contributed by atoms with Crippen LogP contribution >= 0.6 is 22.9 Å². The topological polar surface area (TPSA) is 58.2 Å². The zero-order chi connectivity index (χ0) is 21.3. The molecule has 0 saturated heterocycles. The Hall–Kier alpha value is -2.63. The number of para-hydroxylation sites is 1. The lowest BCUT2D eigenvalue weighted by Gasteiger charge is -2.19. The lowest BCUT2D eigenvalue weighted by Crippen LogP contribution is -2.20. The van der Waals surface area contributed by atoms with E-state index >= 15 is 0 Å². The quantitative estimate of drug-likeness (QED) is 0.499. The minimum Gasteiger partial charge on any atom is -0.321 e. The van der Waals surface area contributed by atoms with E-state index in [-0.39, 0.29) is 11.8 Å². The number of fused-ring (bicyclic) bond motifs is 1. The van der Waals surface area contributed by atoms with E-state index < -0.39 is 0 Å². The molecule has 4 nitrogen and oxygen atoms in total. The van der Waals surface area contributed by atoms with Crippen molar-refractivity contribution in [2.45, 2.75) is 33.1 Å². The van der Waals surface area contributed by atoms with Gasteiger partial charge in [-0.25, -0.2) is 0 Å². The van der Waals surface area contributed by atoms with Crippen molar-refractivity contribution in [2.75, 3.05) is 10.6 Å². The number of benzene rings is 2. The summed E-state index contributed by atoms with van der Waals surface area (Å²) in [5.74, 6) is 0.123. The van der Waals surface area contributed by atoms with Gasteiger partial charge in [0.25, 0.3) is 11.8 Å². The fourth-order valence-electron chi connectivity index (χ4n) is 3.82. The third-order valence-electron chi connectivity index (χ3n) is 5.48. The molecule has 0 aliphatic heterocycles. The van der Waals surface area contributed by atoms with E-state index in [0.717, 1.165) is 30.4 Å². The molecule has 0 fully saturated rings. The zero-order valence-corrected chi connectivity index (χ0v) is 18.5. The molecule has 1 atom stereocenters. The van der Waals surface area contributed by atoms with Crippen molar-refractivity contribution in [3.63, 3.8) is 0 Å². The van der Waals surface area contributed by atoms with E-state index in [4.69, 9.17) is 11.6 Å². The van der Waals surface area contributed by atoms with Crippen LogP contribution in [0, 0.1) is 12.8 Å². The molecular formula is C24H23ClN2O2S. The van der Waals surface area contributed by atoms with Crippen LogP contribution in [-0.4, -0.2) is 11.8 Å². The Labute approximate surface area is 185 Å². The Bertz CT molecular complexity index is 1120. The third-order valence-corrected chi connectivity index (χ3v) is 6.98. The second-order valence-electron chi connectivity index (χ2n) is 7.76. The first-order valence-electron chi connectivity index (χ1n) is 10.0. The second kappa shape index (κ2) is 8.62. The fourth-order valence-corrected chi connectivity index (χ4v) is 5.41. The number of rotatable bonds is 4. The highest BCUT2D eigenvalue weighted by Gasteiger charge is 2.29. The van der Waals surface area contributed by atoms with Crippen molar-refractivity contribution >= 4 is 45.4 Å². The van der Waals surface area contributed by atoms with Gasteiger partial charge in [-0.3, -0.25) is 9.59 Å². The molecule has 2 amide bonds. The van der Waals surface area contributed by atoms with E-state index in [1.807, 2.05) is 37.3 Å². The molecule has 3 aromatic rings. The smallest absolute Gasteiger partial charge is 0.258 e. The maximum absolute atomic E-state index is 13.3. The molecule has 1 aliphatic rings. The van der Waals surface area contributed by atoms with Crippen LogP contribution in [0.4, 0.5) is 10.7 Å². The van der Waals surface area contributed by atoms with Crippen LogP contribution in [-0.2, 0) is 12.8 Å². The van der Waals surface area contributed by atoms with Gasteiger partial charge >= 0.3 is 0 Å². The summed E-state index contributed by atoms with van der Waals surface area (Å²) in [6, 6.07) is 14.6. The molecule has 6 heteroatoms. The molecule has 0 spiro atoms. The van der Waals surface area contributed by atoms with Crippen molar-refractivity contribution in [1.29, 1.82) is 0 Å². The lowest BCUT2D eigenvalue weighted by molar-refractivity contribution is 0.102. The van der Waals surface area contributed by atoms with Crippen LogP contribution in [0.3, 0.4) is 0 Å². The van der Waals surface area contributed by atoms with Crippen LogP contribution < -0.4 is 10.6 Å². The average molecular weight is 439 g/mol. The number of aryl methyl sites for hydroxylation is 1. The molecule has 30 heavy (non-hydrogen) atoms. The molecule has 2 N–H and O–H groups in total. The molecule has 1 aliphatic carbocycles. The van der Waals surface area contributed by atoms with Crippen molar-refractivity contribution in [3.8, 4) is 0 Å². The van der Waals surface area contributed by atoms with Gasteiger partial charge in [-0.2, -0.15) is 0 Å². The van der Waals surface area contributed by atoms with Crippen LogP contribution in [0.5, 0.6) is 0 Å². The molecular weight excluding hydrogens is 416 g/mol. The second-order valence-corrected chi connectivity index (χ2v) is 9.27.